The molecule has 23 heavy (non-hydrogen) atoms. The Morgan fingerprint density at radius 1 is 1.35 bits per heavy atom. The Kier molecular flexibility index (Phi) is 3.69. The van der Waals surface area contributed by atoms with Gasteiger partial charge in [-0.25, -0.2) is 13.9 Å². The molecule has 0 saturated carbocycles. The van der Waals surface area contributed by atoms with Crippen LogP contribution in [0.5, 0.6) is 5.75 Å². The van der Waals surface area contributed by atoms with Crippen molar-refractivity contribution in [2.45, 2.75) is 13.8 Å². The van der Waals surface area contributed by atoms with Crippen LogP contribution in [-0.2, 0) is 0 Å². The molecule has 7 heteroatoms. The van der Waals surface area contributed by atoms with Crippen LogP contribution in [0.4, 0.5) is 10.1 Å². The largest absolute Gasteiger partial charge is 0.494 e. The van der Waals surface area contributed by atoms with Crippen LogP contribution in [0.1, 0.15) is 21.6 Å². The van der Waals surface area contributed by atoms with Gasteiger partial charge >= 0.3 is 0 Å². The van der Waals surface area contributed by atoms with E-state index in [2.05, 4.69) is 15.4 Å². The number of rotatable bonds is 3. The second-order valence-corrected chi connectivity index (χ2v) is 5.15. The maximum Gasteiger partial charge on any atom is 0.261 e. The molecule has 0 aliphatic carbocycles. The van der Waals surface area contributed by atoms with Gasteiger partial charge in [-0.3, -0.25) is 4.79 Å². The van der Waals surface area contributed by atoms with Crippen molar-refractivity contribution < 1.29 is 13.9 Å². The van der Waals surface area contributed by atoms with E-state index < -0.39 is 11.7 Å². The molecule has 0 unspecified atom stereocenters. The lowest BCUT2D eigenvalue weighted by atomic mass is 10.1. The average Bonchev–Trinajstić information content (AvgIpc) is 2.93. The summed E-state index contributed by atoms with van der Waals surface area (Å²) in [5, 5.41) is 6.78. The summed E-state index contributed by atoms with van der Waals surface area (Å²) in [5.41, 5.74) is 2.62. The molecule has 1 amide bonds. The first kappa shape index (κ1) is 15.0. The summed E-state index contributed by atoms with van der Waals surface area (Å²) in [6.07, 6.45) is 3.17. The first-order valence-electron chi connectivity index (χ1n) is 6.96. The number of carbonyl (C=O) groups excluding carboxylic acids is 1. The second kappa shape index (κ2) is 5.68. The predicted molar refractivity (Wildman–Crippen MR) is 83.4 cm³/mol. The Hall–Kier alpha value is -2.96. The number of nitrogens with one attached hydrogen (secondary N) is 1. The molecule has 0 aliphatic heterocycles. The van der Waals surface area contributed by atoms with Crippen molar-refractivity contribution in [2.24, 2.45) is 0 Å². The molecule has 2 aromatic heterocycles. The number of ether oxygens (including phenoxy) is 1. The van der Waals surface area contributed by atoms with Gasteiger partial charge in [-0.05, 0) is 31.5 Å². The highest BCUT2D eigenvalue weighted by atomic mass is 19.1. The van der Waals surface area contributed by atoms with Gasteiger partial charge in [0.15, 0.2) is 17.2 Å². The lowest BCUT2D eigenvalue weighted by Crippen LogP contribution is -2.13. The lowest BCUT2D eigenvalue weighted by Gasteiger charge is -2.10. The quantitative estimate of drug-likeness (QED) is 0.807. The lowest BCUT2D eigenvalue weighted by molar-refractivity contribution is 0.102. The molecular formula is C16H15FN4O2. The van der Waals surface area contributed by atoms with Crippen molar-refractivity contribution in [3.8, 4) is 5.75 Å². The molecule has 0 saturated heterocycles. The van der Waals surface area contributed by atoms with Gasteiger partial charge in [0.2, 0.25) is 0 Å². The molecule has 0 aliphatic rings. The zero-order valence-electron chi connectivity index (χ0n) is 12.9. The fraction of sp³-hybridized carbons (Fsp3) is 0.188. The molecule has 0 fully saturated rings. The summed E-state index contributed by atoms with van der Waals surface area (Å²) in [6, 6.07) is 4.56. The Balaban J connectivity index is 1.95. The summed E-state index contributed by atoms with van der Waals surface area (Å²) in [7, 11) is 1.39. The highest BCUT2D eigenvalue weighted by Crippen LogP contribution is 2.25. The summed E-state index contributed by atoms with van der Waals surface area (Å²) in [5.74, 6) is -0.804. The Labute approximate surface area is 131 Å². The van der Waals surface area contributed by atoms with Crippen molar-refractivity contribution in [1.82, 2.24) is 14.6 Å². The van der Waals surface area contributed by atoms with E-state index in [1.807, 2.05) is 6.92 Å². The van der Waals surface area contributed by atoms with Gasteiger partial charge in [0.25, 0.3) is 5.91 Å². The zero-order chi connectivity index (χ0) is 16.6. The molecule has 0 spiro atoms. The van der Waals surface area contributed by atoms with Crippen molar-refractivity contribution in [3.63, 3.8) is 0 Å². The smallest absolute Gasteiger partial charge is 0.261 e. The highest BCUT2D eigenvalue weighted by molar-refractivity contribution is 6.08. The van der Waals surface area contributed by atoms with Gasteiger partial charge in [-0.2, -0.15) is 5.10 Å². The van der Waals surface area contributed by atoms with E-state index in [4.69, 9.17) is 4.74 Å². The molecule has 0 bridgehead atoms. The van der Waals surface area contributed by atoms with E-state index >= 15 is 0 Å². The SMILES string of the molecule is COc1cc(C)c(NC(=O)c2cnn3ccc(C)nc23)cc1F. The van der Waals surface area contributed by atoms with E-state index in [9.17, 15) is 9.18 Å². The van der Waals surface area contributed by atoms with Crippen LogP contribution in [-0.4, -0.2) is 27.6 Å². The normalized spacial score (nSPS) is 10.8. The molecular weight excluding hydrogens is 299 g/mol. The minimum Gasteiger partial charge on any atom is -0.494 e. The number of aryl methyl sites for hydroxylation is 2. The fourth-order valence-corrected chi connectivity index (χ4v) is 2.26. The van der Waals surface area contributed by atoms with Gasteiger partial charge in [-0.15, -0.1) is 0 Å². The summed E-state index contributed by atoms with van der Waals surface area (Å²) < 4.78 is 20.3. The molecule has 1 aromatic carbocycles. The molecule has 3 rings (SSSR count). The molecule has 1 N–H and O–H groups in total. The maximum absolute atomic E-state index is 13.8. The Morgan fingerprint density at radius 3 is 2.87 bits per heavy atom. The van der Waals surface area contributed by atoms with Crippen LogP contribution < -0.4 is 10.1 Å². The Morgan fingerprint density at radius 2 is 2.13 bits per heavy atom. The number of benzene rings is 1. The minimum absolute atomic E-state index is 0.133. The summed E-state index contributed by atoms with van der Waals surface area (Å²) in [6.45, 7) is 3.59. The van der Waals surface area contributed by atoms with Crippen LogP contribution in [0.15, 0.2) is 30.6 Å². The Bertz CT molecular complexity index is 904. The van der Waals surface area contributed by atoms with Crippen molar-refractivity contribution in [3.05, 3.63) is 53.2 Å². The molecule has 0 atom stereocenters. The third kappa shape index (κ3) is 2.73. The number of fused-ring (bicyclic) bond motifs is 1. The topological polar surface area (TPSA) is 68.5 Å². The van der Waals surface area contributed by atoms with Gasteiger partial charge < -0.3 is 10.1 Å². The van der Waals surface area contributed by atoms with Crippen LogP contribution in [0.2, 0.25) is 0 Å². The van der Waals surface area contributed by atoms with E-state index in [0.29, 0.717) is 22.5 Å². The number of anilines is 1. The number of methoxy groups -OCH3 is 1. The van der Waals surface area contributed by atoms with Crippen molar-refractivity contribution in [1.29, 1.82) is 0 Å². The van der Waals surface area contributed by atoms with Gasteiger partial charge in [0.1, 0.15) is 5.56 Å². The third-order valence-corrected chi connectivity index (χ3v) is 3.50. The van der Waals surface area contributed by atoms with Crippen molar-refractivity contribution >= 4 is 17.2 Å². The number of aromatic nitrogens is 3. The number of amides is 1. The summed E-state index contributed by atoms with van der Waals surface area (Å²) in [4.78, 5) is 16.8. The van der Waals surface area contributed by atoms with E-state index in [1.54, 1.807) is 19.2 Å². The molecule has 3 aromatic rings. The molecule has 0 radical (unpaired) electrons. The highest BCUT2D eigenvalue weighted by Gasteiger charge is 2.16. The van der Waals surface area contributed by atoms with E-state index in [0.717, 1.165) is 5.69 Å². The number of halogens is 1. The average molecular weight is 314 g/mol. The maximum atomic E-state index is 13.8. The third-order valence-electron chi connectivity index (χ3n) is 3.50. The second-order valence-electron chi connectivity index (χ2n) is 5.15. The van der Waals surface area contributed by atoms with Gasteiger partial charge in [0, 0.05) is 23.6 Å². The van der Waals surface area contributed by atoms with Gasteiger partial charge in [-0.1, -0.05) is 0 Å². The van der Waals surface area contributed by atoms with Crippen LogP contribution in [0.3, 0.4) is 0 Å². The summed E-state index contributed by atoms with van der Waals surface area (Å²) >= 11 is 0. The number of hydrogen-bond donors (Lipinski definition) is 1. The number of nitrogens with zero attached hydrogens (tertiary/aromatic N) is 3. The monoisotopic (exact) mass is 314 g/mol. The first-order valence-corrected chi connectivity index (χ1v) is 6.96. The van der Waals surface area contributed by atoms with Gasteiger partial charge in [0.05, 0.1) is 13.3 Å². The first-order chi connectivity index (χ1) is 11.0. The predicted octanol–water partition coefficient (Wildman–Crippen LogP) is 2.75. The van der Waals surface area contributed by atoms with E-state index in [1.165, 1.54) is 30.0 Å². The minimum atomic E-state index is -0.540. The van der Waals surface area contributed by atoms with Crippen LogP contribution >= 0.6 is 0 Å². The van der Waals surface area contributed by atoms with Crippen LogP contribution in [0, 0.1) is 19.7 Å². The number of hydrogen-bond acceptors (Lipinski definition) is 4. The zero-order valence-corrected chi connectivity index (χ0v) is 12.9. The van der Waals surface area contributed by atoms with Crippen LogP contribution in [0.25, 0.3) is 5.65 Å². The molecule has 118 valence electrons. The molecule has 2 heterocycles. The number of carbonyl (C=O) groups is 1. The fourth-order valence-electron chi connectivity index (χ4n) is 2.26. The van der Waals surface area contributed by atoms with Crippen molar-refractivity contribution in [2.75, 3.05) is 12.4 Å². The standard InChI is InChI=1S/C16H15FN4O2/c1-9-6-14(23-3)12(17)7-13(9)20-16(22)11-8-18-21-5-4-10(2)19-15(11)21/h4-8H,1-3H3,(H,20,22). The molecule has 6 nitrogen and oxygen atoms in total. The van der Waals surface area contributed by atoms with E-state index in [-0.39, 0.29) is 5.75 Å².